The molecule has 0 unspecified atom stereocenters. The summed E-state index contributed by atoms with van der Waals surface area (Å²) in [4.78, 5) is 0. The first-order valence-corrected chi connectivity index (χ1v) is 5.70. The Balaban J connectivity index is 1.69. The van der Waals surface area contributed by atoms with Crippen LogP contribution in [-0.2, 0) is 0 Å². The molecule has 0 bridgehead atoms. The van der Waals surface area contributed by atoms with Crippen LogP contribution in [0.15, 0.2) is 0 Å². The smallest absolute Gasteiger partial charge is 0.0541 e. The maximum atomic E-state index is 9.35. The predicted molar refractivity (Wildman–Crippen MR) is 53.6 cm³/mol. The molecule has 13 heavy (non-hydrogen) atoms. The van der Waals surface area contributed by atoms with Gasteiger partial charge in [-0.2, -0.15) is 0 Å². The molecule has 2 N–H and O–H groups in total. The van der Waals surface area contributed by atoms with E-state index in [1.165, 1.54) is 12.8 Å². The third-order valence-electron chi connectivity index (χ3n) is 3.52. The van der Waals surface area contributed by atoms with Gasteiger partial charge in [-0.1, -0.05) is 0 Å². The lowest BCUT2D eigenvalue weighted by atomic mass is 9.92. The molecule has 0 aliphatic heterocycles. The molecule has 2 saturated carbocycles. The zero-order chi connectivity index (χ0) is 9.26. The second-order valence-corrected chi connectivity index (χ2v) is 4.80. The third-order valence-corrected chi connectivity index (χ3v) is 3.52. The van der Waals surface area contributed by atoms with E-state index in [0.29, 0.717) is 12.1 Å². The van der Waals surface area contributed by atoms with Crippen molar-refractivity contribution in [2.45, 2.75) is 63.6 Å². The molecule has 2 heteroatoms. The lowest BCUT2D eigenvalue weighted by Gasteiger charge is -2.29. The molecule has 0 heterocycles. The van der Waals surface area contributed by atoms with Crippen molar-refractivity contribution in [1.82, 2.24) is 5.32 Å². The lowest BCUT2D eigenvalue weighted by molar-refractivity contribution is 0.114. The maximum Gasteiger partial charge on any atom is 0.0541 e. The van der Waals surface area contributed by atoms with Crippen LogP contribution in [-0.4, -0.2) is 23.3 Å². The summed E-state index contributed by atoms with van der Waals surface area (Å²) in [6, 6.07) is 1.39. The molecule has 0 aromatic heterocycles. The fourth-order valence-corrected chi connectivity index (χ4v) is 2.35. The Morgan fingerprint density at radius 3 is 2.23 bits per heavy atom. The average Bonchev–Trinajstić information content (AvgIpc) is 2.91. The second-order valence-electron chi connectivity index (χ2n) is 4.80. The summed E-state index contributed by atoms with van der Waals surface area (Å²) in [5, 5.41) is 13.0. The van der Waals surface area contributed by atoms with Crippen molar-refractivity contribution in [2.24, 2.45) is 5.92 Å². The van der Waals surface area contributed by atoms with Crippen LogP contribution >= 0.6 is 0 Å². The minimum absolute atomic E-state index is 0.0192. The summed E-state index contributed by atoms with van der Waals surface area (Å²) < 4.78 is 0. The van der Waals surface area contributed by atoms with E-state index in [4.69, 9.17) is 0 Å². The van der Waals surface area contributed by atoms with Crippen LogP contribution in [0.4, 0.5) is 0 Å². The van der Waals surface area contributed by atoms with Crippen LogP contribution in [0.1, 0.15) is 45.4 Å². The van der Waals surface area contributed by atoms with Gasteiger partial charge in [-0.05, 0) is 51.4 Å². The Hall–Kier alpha value is -0.0800. The minimum Gasteiger partial charge on any atom is -0.393 e. The Labute approximate surface area is 80.7 Å². The van der Waals surface area contributed by atoms with Gasteiger partial charge in [-0.15, -0.1) is 0 Å². The minimum atomic E-state index is -0.0192. The number of hydrogen-bond acceptors (Lipinski definition) is 2. The Bertz CT molecular complexity index is 159. The van der Waals surface area contributed by atoms with Gasteiger partial charge in [0.25, 0.3) is 0 Å². The van der Waals surface area contributed by atoms with Crippen LogP contribution in [0.3, 0.4) is 0 Å². The van der Waals surface area contributed by atoms with E-state index in [9.17, 15) is 5.11 Å². The quantitative estimate of drug-likeness (QED) is 0.697. The van der Waals surface area contributed by atoms with Crippen molar-refractivity contribution in [1.29, 1.82) is 0 Å². The normalized spacial score (nSPS) is 37.4. The first-order valence-electron chi connectivity index (χ1n) is 5.70. The van der Waals surface area contributed by atoms with Crippen molar-refractivity contribution in [2.75, 3.05) is 0 Å². The first kappa shape index (κ1) is 9.47. The monoisotopic (exact) mass is 183 g/mol. The molecular weight excluding hydrogens is 162 g/mol. The van der Waals surface area contributed by atoms with Crippen LogP contribution < -0.4 is 5.32 Å². The van der Waals surface area contributed by atoms with Crippen LogP contribution in [0.2, 0.25) is 0 Å². The third kappa shape index (κ3) is 2.68. The molecule has 1 atom stereocenters. The number of rotatable bonds is 3. The molecule has 2 rings (SSSR count). The number of hydrogen-bond donors (Lipinski definition) is 2. The van der Waals surface area contributed by atoms with Gasteiger partial charge in [-0.3, -0.25) is 0 Å². The standard InChI is InChI=1S/C11H21NO/c1-8(9-2-3-9)12-10-4-6-11(13)7-5-10/h8-13H,2-7H2,1H3/t8-,10?,11?/m0/s1. The maximum absolute atomic E-state index is 9.35. The van der Waals surface area contributed by atoms with E-state index in [2.05, 4.69) is 12.2 Å². The molecule has 0 amide bonds. The Morgan fingerprint density at radius 1 is 1.08 bits per heavy atom. The zero-order valence-electron chi connectivity index (χ0n) is 8.50. The Morgan fingerprint density at radius 2 is 1.69 bits per heavy atom. The fraction of sp³-hybridized carbons (Fsp3) is 1.00. The number of aliphatic hydroxyl groups excluding tert-OH is 1. The van der Waals surface area contributed by atoms with E-state index >= 15 is 0 Å². The molecule has 0 saturated heterocycles. The van der Waals surface area contributed by atoms with Gasteiger partial charge in [0.2, 0.25) is 0 Å². The van der Waals surface area contributed by atoms with E-state index in [1.54, 1.807) is 0 Å². The van der Waals surface area contributed by atoms with Gasteiger partial charge in [0.1, 0.15) is 0 Å². The largest absolute Gasteiger partial charge is 0.393 e. The van der Waals surface area contributed by atoms with Crippen molar-refractivity contribution in [3.8, 4) is 0 Å². The fourth-order valence-electron chi connectivity index (χ4n) is 2.35. The Kier molecular flexibility index (Phi) is 2.89. The lowest BCUT2D eigenvalue weighted by Crippen LogP contribution is -2.40. The highest BCUT2D eigenvalue weighted by molar-refractivity contribution is 4.87. The predicted octanol–water partition coefficient (Wildman–Crippen LogP) is 1.68. The van der Waals surface area contributed by atoms with Gasteiger partial charge >= 0.3 is 0 Å². The molecule has 0 aromatic rings. The topological polar surface area (TPSA) is 32.3 Å². The van der Waals surface area contributed by atoms with Crippen LogP contribution in [0, 0.1) is 5.92 Å². The molecule has 2 aliphatic carbocycles. The van der Waals surface area contributed by atoms with Crippen molar-refractivity contribution < 1.29 is 5.11 Å². The van der Waals surface area contributed by atoms with E-state index < -0.39 is 0 Å². The van der Waals surface area contributed by atoms with Gasteiger partial charge in [-0.25, -0.2) is 0 Å². The molecule has 0 spiro atoms. The van der Waals surface area contributed by atoms with E-state index in [-0.39, 0.29) is 6.10 Å². The second kappa shape index (κ2) is 3.97. The van der Waals surface area contributed by atoms with Gasteiger partial charge in [0.15, 0.2) is 0 Å². The highest BCUT2D eigenvalue weighted by Gasteiger charge is 2.30. The molecule has 2 fully saturated rings. The summed E-state index contributed by atoms with van der Waals surface area (Å²) in [6.07, 6.45) is 7.14. The van der Waals surface area contributed by atoms with Crippen LogP contribution in [0.25, 0.3) is 0 Å². The molecule has 76 valence electrons. The van der Waals surface area contributed by atoms with Crippen molar-refractivity contribution in [3.63, 3.8) is 0 Å². The molecule has 2 aliphatic rings. The van der Waals surface area contributed by atoms with Crippen molar-refractivity contribution in [3.05, 3.63) is 0 Å². The van der Waals surface area contributed by atoms with E-state index in [1.807, 2.05) is 0 Å². The van der Waals surface area contributed by atoms with Crippen LogP contribution in [0.5, 0.6) is 0 Å². The zero-order valence-corrected chi connectivity index (χ0v) is 8.50. The SMILES string of the molecule is C[C@H](NC1CCC(O)CC1)C1CC1. The highest BCUT2D eigenvalue weighted by Crippen LogP contribution is 2.33. The summed E-state index contributed by atoms with van der Waals surface area (Å²) in [5.41, 5.74) is 0. The average molecular weight is 183 g/mol. The molecule has 2 nitrogen and oxygen atoms in total. The number of aliphatic hydroxyl groups is 1. The summed E-state index contributed by atoms with van der Waals surface area (Å²) >= 11 is 0. The van der Waals surface area contributed by atoms with Gasteiger partial charge in [0, 0.05) is 12.1 Å². The summed E-state index contributed by atoms with van der Waals surface area (Å²) in [6.45, 7) is 2.31. The molecule has 0 aromatic carbocycles. The highest BCUT2D eigenvalue weighted by atomic mass is 16.3. The molecule has 0 radical (unpaired) electrons. The van der Waals surface area contributed by atoms with Gasteiger partial charge in [0.05, 0.1) is 6.10 Å². The van der Waals surface area contributed by atoms with Crippen molar-refractivity contribution >= 4 is 0 Å². The van der Waals surface area contributed by atoms with E-state index in [0.717, 1.165) is 31.6 Å². The van der Waals surface area contributed by atoms with Gasteiger partial charge < -0.3 is 10.4 Å². The summed E-state index contributed by atoms with van der Waals surface area (Å²) in [5.74, 6) is 0.951. The first-order chi connectivity index (χ1) is 6.25. The molecular formula is C11H21NO. The number of nitrogens with one attached hydrogen (secondary N) is 1. The summed E-state index contributed by atoms with van der Waals surface area (Å²) in [7, 11) is 0.